The number of ether oxygens (including phenoxy) is 1. The predicted molar refractivity (Wildman–Crippen MR) is 97.1 cm³/mol. The summed E-state index contributed by atoms with van der Waals surface area (Å²) in [6, 6.07) is 8.17. The zero-order chi connectivity index (χ0) is 20.1. The minimum absolute atomic E-state index is 0.0110. The second-order valence-electron chi connectivity index (χ2n) is 6.94. The third-order valence-corrected chi connectivity index (χ3v) is 4.92. The lowest BCUT2D eigenvalue weighted by Crippen LogP contribution is -2.20. The number of carbonyl (C=O) groups is 1. The molecule has 28 heavy (non-hydrogen) atoms. The Labute approximate surface area is 159 Å². The van der Waals surface area contributed by atoms with Gasteiger partial charge in [-0.15, -0.1) is 0 Å². The van der Waals surface area contributed by atoms with Gasteiger partial charge < -0.3 is 10.1 Å². The average Bonchev–Trinajstić information content (AvgIpc) is 3.34. The molecular formula is C20H18F3N3O2. The summed E-state index contributed by atoms with van der Waals surface area (Å²) >= 11 is 0. The maximum absolute atomic E-state index is 12.7. The van der Waals surface area contributed by atoms with Gasteiger partial charge in [0.2, 0.25) is 5.91 Å². The Morgan fingerprint density at radius 1 is 1.21 bits per heavy atom. The summed E-state index contributed by atoms with van der Waals surface area (Å²) in [6.45, 7) is 0. The number of carbonyl (C=O) groups excluding carboxylic acids is 1. The molecule has 0 radical (unpaired) electrons. The second-order valence-corrected chi connectivity index (χ2v) is 6.94. The fourth-order valence-corrected chi connectivity index (χ4v) is 3.46. The largest absolute Gasteiger partial charge is 0.457 e. The van der Waals surface area contributed by atoms with E-state index in [2.05, 4.69) is 10.4 Å². The third kappa shape index (κ3) is 3.42. The van der Waals surface area contributed by atoms with E-state index in [0.717, 1.165) is 35.0 Å². The molecule has 2 aromatic carbocycles. The summed E-state index contributed by atoms with van der Waals surface area (Å²) in [6.07, 6.45) is -1.81. The molecule has 146 valence electrons. The number of aromatic nitrogens is 2. The van der Waals surface area contributed by atoms with E-state index in [4.69, 9.17) is 4.74 Å². The summed E-state index contributed by atoms with van der Waals surface area (Å²) in [4.78, 5) is 11.9. The van der Waals surface area contributed by atoms with E-state index < -0.39 is 11.7 Å². The van der Waals surface area contributed by atoms with Gasteiger partial charge in [0, 0.05) is 31.6 Å². The highest BCUT2D eigenvalue weighted by atomic mass is 19.4. The molecule has 1 aromatic heterocycles. The Morgan fingerprint density at radius 2 is 1.93 bits per heavy atom. The molecule has 0 aliphatic heterocycles. The van der Waals surface area contributed by atoms with Crippen LogP contribution in [0.25, 0.3) is 10.9 Å². The average molecular weight is 389 g/mol. The summed E-state index contributed by atoms with van der Waals surface area (Å²) < 4.78 is 45.6. The van der Waals surface area contributed by atoms with Gasteiger partial charge in [-0.25, -0.2) is 0 Å². The van der Waals surface area contributed by atoms with Crippen molar-refractivity contribution in [2.45, 2.75) is 18.5 Å². The van der Waals surface area contributed by atoms with Crippen LogP contribution in [0.4, 0.5) is 13.2 Å². The highest BCUT2D eigenvalue weighted by molar-refractivity contribution is 5.88. The van der Waals surface area contributed by atoms with Crippen LogP contribution in [-0.2, 0) is 18.0 Å². The molecule has 1 aliphatic carbocycles. The number of hydrogen-bond donors (Lipinski definition) is 1. The first-order chi connectivity index (χ1) is 13.3. The zero-order valence-corrected chi connectivity index (χ0v) is 15.2. The lowest BCUT2D eigenvalue weighted by Gasteiger charge is -2.11. The van der Waals surface area contributed by atoms with Crippen LogP contribution in [0.1, 0.15) is 23.5 Å². The van der Waals surface area contributed by atoms with Crippen molar-refractivity contribution < 1.29 is 22.7 Å². The Kier molecular flexibility index (Phi) is 4.28. The van der Waals surface area contributed by atoms with Crippen molar-refractivity contribution in [3.8, 4) is 11.5 Å². The number of hydrogen-bond acceptors (Lipinski definition) is 3. The van der Waals surface area contributed by atoms with Gasteiger partial charge in [0.1, 0.15) is 11.5 Å². The van der Waals surface area contributed by atoms with Gasteiger partial charge in [-0.05, 0) is 54.3 Å². The van der Waals surface area contributed by atoms with Gasteiger partial charge in [-0.2, -0.15) is 18.3 Å². The number of rotatable bonds is 4. The topological polar surface area (TPSA) is 56.1 Å². The molecule has 0 unspecified atom stereocenters. The van der Waals surface area contributed by atoms with E-state index in [0.29, 0.717) is 11.5 Å². The lowest BCUT2D eigenvalue weighted by atomic mass is 10.0. The third-order valence-electron chi connectivity index (χ3n) is 4.92. The first kappa shape index (κ1) is 18.3. The van der Waals surface area contributed by atoms with E-state index in [1.807, 2.05) is 19.3 Å². The SMILES string of the molecule is CNC(=O)[C@H]1C[C@@H]1c1cc(Oc2ccc(C(F)(F)F)cc2)cc2cn(C)nc12. The van der Waals surface area contributed by atoms with Gasteiger partial charge in [-0.1, -0.05) is 0 Å². The monoisotopic (exact) mass is 389 g/mol. The standard InChI is InChI=1S/C20H18F3N3O2/c1-24-19(27)17-9-15(17)16-8-14(7-11-10-26(2)25-18(11)16)28-13-5-3-12(4-6-13)20(21,22)23/h3-8,10,15,17H,9H2,1-2H3,(H,24,27)/t15-,17+/m1/s1. The van der Waals surface area contributed by atoms with Crippen LogP contribution >= 0.6 is 0 Å². The Morgan fingerprint density at radius 3 is 2.57 bits per heavy atom. The van der Waals surface area contributed by atoms with E-state index in [-0.39, 0.29) is 17.7 Å². The van der Waals surface area contributed by atoms with E-state index >= 15 is 0 Å². The number of halogens is 3. The molecule has 1 saturated carbocycles. The molecule has 4 rings (SSSR count). The normalized spacial score (nSPS) is 18.9. The molecule has 3 aromatic rings. The van der Waals surface area contributed by atoms with E-state index in [1.165, 1.54) is 12.1 Å². The van der Waals surface area contributed by atoms with E-state index in [9.17, 15) is 18.0 Å². The molecule has 8 heteroatoms. The molecule has 0 bridgehead atoms. The first-order valence-electron chi connectivity index (χ1n) is 8.80. The van der Waals surface area contributed by atoms with Crippen molar-refractivity contribution in [2.24, 2.45) is 13.0 Å². The maximum atomic E-state index is 12.7. The number of nitrogens with one attached hydrogen (secondary N) is 1. The number of nitrogens with zero attached hydrogens (tertiary/aromatic N) is 2. The van der Waals surface area contributed by atoms with Gasteiger partial charge in [0.05, 0.1) is 11.1 Å². The van der Waals surface area contributed by atoms with Crippen LogP contribution in [0.15, 0.2) is 42.6 Å². The number of aryl methyl sites for hydroxylation is 1. The molecule has 0 saturated heterocycles. The number of fused-ring (bicyclic) bond motifs is 1. The molecular weight excluding hydrogens is 371 g/mol. The van der Waals surface area contributed by atoms with Crippen LogP contribution in [0.5, 0.6) is 11.5 Å². The van der Waals surface area contributed by atoms with Gasteiger partial charge in [-0.3, -0.25) is 9.48 Å². The summed E-state index contributed by atoms with van der Waals surface area (Å²) in [7, 11) is 3.42. The molecule has 1 N–H and O–H groups in total. The van der Waals surface area contributed by atoms with Crippen LogP contribution in [0.2, 0.25) is 0 Å². The van der Waals surface area contributed by atoms with Crippen LogP contribution in [0, 0.1) is 5.92 Å². The molecule has 1 heterocycles. The van der Waals surface area contributed by atoms with Crippen LogP contribution in [-0.4, -0.2) is 22.7 Å². The molecule has 1 aliphatic rings. The predicted octanol–water partition coefficient (Wildman–Crippen LogP) is 4.23. The molecule has 1 fully saturated rings. The minimum atomic E-state index is -4.39. The summed E-state index contributed by atoms with van der Waals surface area (Å²) in [5.41, 5.74) is 0.988. The van der Waals surface area contributed by atoms with Crippen LogP contribution in [0.3, 0.4) is 0 Å². The van der Waals surface area contributed by atoms with Crippen molar-refractivity contribution in [3.63, 3.8) is 0 Å². The van der Waals surface area contributed by atoms with Crippen molar-refractivity contribution >= 4 is 16.8 Å². The quantitative estimate of drug-likeness (QED) is 0.726. The number of alkyl halides is 3. The Balaban J connectivity index is 1.66. The second kappa shape index (κ2) is 6.54. The van der Waals surface area contributed by atoms with Gasteiger partial charge in [0.15, 0.2) is 0 Å². The van der Waals surface area contributed by atoms with Gasteiger partial charge in [0.25, 0.3) is 0 Å². The van der Waals surface area contributed by atoms with E-state index in [1.54, 1.807) is 17.8 Å². The molecule has 5 nitrogen and oxygen atoms in total. The van der Waals surface area contributed by atoms with Crippen molar-refractivity contribution in [2.75, 3.05) is 7.05 Å². The van der Waals surface area contributed by atoms with Gasteiger partial charge >= 0.3 is 6.18 Å². The highest BCUT2D eigenvalue weighted by Gasteiger charge is 2.45. The highest BCUT2D eigenvalue weighted by Crippen LogP contribution is 2.50. The molecule has 0 spiro atoms. The summed E-state index contributed by atoms with van der Waals surface area (Å²) in [5, 5.41) is 8.00. The molecule has 2 atom stereocenters. The fourth-order valence-electron chi connectivity index (χ4n) is 3.46. The maximum Gasteiger partial charge on any atom is 0.416 e. The summed E-state index contributed by atoms with van der Waals surface area (Å²) in [5.74, 6) is 0.742. The number of amides is 1. The number of benzene rings is 2. The van der Waals surface area contributed by atoms with Crippen molar-refractivity contribution in [1.82, 2.24) is 15.1 Å². The Hall–Kier alpha value is -3.03. The zero-order valence-electron chi connectivity index (χ0n) is 15.2. The van der Waals surface area contributed by atoms with Crippen molar-refractivity contribution in [1.29, 1.82) is 0 Å². The van der Waals surface area contributed by atoms with Crippen LogP contribution < -0.4 is 10.1 Å². The Bertz CT molecular complexity index is 1040. The fraction of sp³-hybridized carbons (Fsp3) is 0.300. The first-order valence-corrected chi connectivity index (χ1v) is 8.80. The van der Waals surface area contributed by atoms with Crippen molar-refractivity contribution in [3.05, 3.63) is 53.7 Å². The minimum Gasteiger partial charge on any atom is -0.457 e. The lowest BCUT2D eigenvalue weighted by molar-refractivity contribution is -0.137. The smallest absolute Gasteiger partial charge is 0.416 e. The molecule has 1 amide bonds.